The first kappa shape index (κ1) is 16.8. The Morgan fingerprint density at radius 3 is 2.06 bits per heavy atom. The fourth-order valence-electron chi connectivity index (χ4n) is 1.05. The van der Waals surface area contributed by atoms with Gasteiger partial charge in [0.2, 0.25) is 11.8 Å². The molecule has 0 spiro atoms. The van der Waals surface area contributed by atoms with Gasteiger partial charge in [-0.2, -0.15) is 0 Å². The molecule has 2 N–H and O–H groups in total. The van der Waals surface area contributed by atoms with E-state index in [1.807, 2.05) is 52.0 Å². The fourth-order valence-corrected chi connectivity index (χ4v) is 1.31. The molecule has 5 heteroatoms. The van der Waals surface area contributed by atoms with Crippen LogP contribution in [0, 0.1) is 0 Å². The van der Waals surface area contributed by atoms with Crippen LogP contribution >= 0.6 is 15.9 Å². The maximum Gasteiger partial charge on any atom is 0.247 e. The highest BCUT2D eigenvalue weighted by molar-refractivity contribution is 9.10. The second kappa shape index (κ2) is 9.79. The summed E-state index contributed by atoms with van der Waals surface area (Å²) in [7, 11) is 0. The molecule has 0 aliphatic carbocycles. The van der Waals surface area contributed by atoms with Gasteiger partial charge in [0, 0.05) is 10.0 Å². The van der Waals surface area contributed by atoms with Gasteiger partial charge < -0.3 is 10.2 Å². The van der Waals surface area contributed by atoms with Crippen molar-refractivity contribution in [1.82, 2.24) is 10.2 Å². The zero-order valence-electron chi connectivity index (χ0n) is 11.3. The lowest BCUT2D eigenvalue weighted by Crippen LogP contribution is -1.95. The van der Waals surface area contributed by atoms with Crippen molar-refractivity contribution < 1.29 is 4.42 Å². The van der Waals surface area contributed by atoms with Gasteiger partial charge >= 0.3 is 0 Å². The van der Waals surface area contributed by atoms with Gasteiger partial charge in [-0.25, -0.2) is 0 Å². The molecule has 0 bridgehead atoms. The monoisotopic (exact) mass is 313 g/mol. The highest BCUT2D eigenvalue weighted by Gasteiger charge is 2.06. The number of hydrogen-bond donors (Lipinski definition) is 1. The molecule has 0 atom stereocenters. The molecule has 0 amide bonds. The van der Waals surface area contributed by atoms with E-state index in [9.17, 15) is 0 Å². The lowest BCUT2D eigenvalue weighted by Gasteiger charge is -1.93. The van der Waals surface area contributed by atoms with Gasteiger partial charge in [0.1, 0.15) is 0 Å². The first-order chi connectivity index (χ1) is 8.79. The lowest BCUT2D eigenvalue weighted by molar-refractivity contribution is 0.508. The van der Waals surface area contributed by atoms with Crippen molar-refractivity contribution >= 4 is 15.9 Å². The Labute approximate surface area is 117 Å². The molecule has 1 heterocycles. The molecular formula is C13H20BrN3O. The van der Waals surface area contributed by atoms with E-state index in [1.165, 1.54) is 0 Å². The van der Waals surface area contributed by atoms with Gasteiger partial charge in [0.15, 0.2) is 0 Å². The third kappa shape index (κ3) is 4.98. The topological polar surface area (TPSA) is 64.9 Å². The number of nitrogens with zero attached hydrogens (tertiary/aromatic N) is 2. The number of benzene rings is 1. The minimum atomic E-state index is 0.267. The van der Waals surface area contributed by atoms with Crippen molar-refractivity contribution in [3.63, 3.8) is 0 Å². The van der Waals surface area contributed by atoms with Crippen molar-refractivity contribution in [3.8, 4) is 11.5 Å². The Morgan fingerprint density at radius 1 is 1.06 bits per heavy atom. The van der Waals surface area contributed by atoms with Crippen molar-refractivity contribution in [2.45, 2.75) is 34.2 Å². The second-order valence-corrected chi connectivity index (χ2v) is 3.63. The molecule has 0 aliphatic rings. The number of aromatic nitrogens is 2. The second-order valence-electron chi connectivity index (χ2n) is 2.71. The van der Waals surface area contributed by atoms with Crippen LogP contribution in [-0.2, 0) is 6.54 Å². The normalized spacial score (nSPS) is 8.78. The predicted octanol–water partition coefficient (Wildman–Crippen LogP) is 4.01. The van der Waals surface area contributed by atoms with E-state index in [1.54, 1.807) is 0 Å². The predicted molar refractivity (Wildman–Crippen MR) is 78.0 cm³/mol. The van der Waals surface area contributed by atoms with Crippen molar-refractivity contribution in [2.24, 2.45) is 5.73 Å². The molecule has 18 heavy (non-hydrogen) atoms. The summed E-state index contributed by atoms with van der Waals surface area (Å²) in [6, 6.07) is 7.64. The van der Waals surface area contributed by atoms with Gasteiger partial charge in [0.25, 0.3) is 0 Å². The third-order valence-electron chi connectivity index (χ3n) is 1.73. The molecule has 4 nitrogen and oxygen atoms in total. The van der Waals surface area contributed by atoms with E-state index in [4.69, 9.17) is 10.2 Å². The summed E-state index contributed by atoms with van der Waals surface area (Å²) in [6.45, 7) is 8.27. The highest BCUT2D eigenvalue weighted by Crippen LogP contribution is 2.20. The van der Waals surface area contributed by atoms with E-state index in [2.05, 4.69) is 26.1 Å². The summed E-state index contributed by atoms with van der Waals surface area (Å²) < 4.78 is 6.31. The average Bonchev–Trinajstić information content (AvgIpc) is 2.93. The highest BCUT2D eigenvalue weighted by atomic mass is 79.9. The molecule has 1 aromatic carbocycles. The Hall–Kier alpha value is -1.20. The van der Waals surface area contributed by atoms with Crippen LogP contribution in [0.1, 0.15) is 33.6 Å². The van der Waals surface area contributed by atoms with Crippen molar-refractivity contribution in [3.05, 3.63) is 34.6 Å². The van der Waals surface area contributed by atoms with Gasteiger partial charge in [-0.15, -0.1) is 10.2 Å². The smallest absolute Gasteiger partial charge is 0.247 e. The summed E-state index contributed by atoms with van der Waals surface area (Å²) in [4.78, 5) is 0. The van der Waals surface area contributed by atoms with E-state index < -0.39 is 0 Å². The summed E-state index contributed by atoms with van der Waals surface area (Å²) >= 11 is 3.35. The Balaban J connectivity index is 0.000000659. The quantitative estimate of drug-likeness (QED) is 0.909. The van der Waals surface area contributed by atoms with Crippen LogP contribution in [0.3, 0.4) is 0 Å². The van der Waals surface area contributed by atoms with Crippen LogP contribution in [0.5, 0.6) is 0 Å². The molecule has 0 saturated heterocycles. The molecule has 0 radical (unpaired) electrons. The van der Waals surface area contributed by atoms with E-state index in [-0.39, 0.29) is 6.54 Å². The molecule has 0 fully saturated rings. The zero-order chi connectivity index (χ0) is 14.0. The summed E-state index contributed by atoms with van der Waals surface area (Å²) in [5.41, 5.74) is 6.25. The molecule has 0 aliphatic heterocycles. The van der Waals surface area contributed by atoms with Crippen LogP contribution in [0.15, 0.2) is 33.2 Å². The van der Waals surface area contributed by atoms with Gasteiger partial charge in [-0.05, 0) is 24.3 Å². The standard InChI is InChI=1S/C9H8BrN3O.2C2H6/c10-7-3-1-6(2-4-7)9-13-12-8(5-11)14-9;2*1-2/h1-4H,5,11H2;2*1-2H3. The van der Waals surface area contributed by atoms with Crippen LogP contribution in [0.25, 0.3) is 11.5 Å². The number of halogens is 1. The van der Waals surface area contributed by atoms with Crippen LogP contribution in [0.4, 0.5) is 0 Å². The van der Waals surface area contributed by atoms with Gasteiger partial charge in [-0.1, -0.05) is 43.6 Å². The molecule has 0 unspecified atom stereocenters. The van der Waals surface area contributed by atoms with E-state index in [0.29, 0.717) is 11.8 Å². The fraction of sp³-hybridized carbons (Fsp3) is 0.385. The molecule has 2 aromatic rings. The Bertz CT molecular complexity index is 426. The Kier molecular flexibility index (Phi) is 9.14. The minimum Gasteiger partial charge on any atom is -0.419 e. The van der Waals surface area contributed by atoms with Gasteiger partial charge in [-0.3, -0.25) is 0 Å². The van der Waals surface area contributed by atoms with Crippen LogP contribution in [0.2, 0.25) is 0 Å². The lowest BCUT2D eigenvalue weighted by atomic mass is 10.2. The molecule has 2 rings (SSSR count). The van der Waals surface area contributed by atoms with Gasteiger partial charge in [0.05, 0.1) is 6.54 Å². The maximum atomic E-state index is 5.36. The van der Waals surface area contributed by atoms with Crippen LogP contribution < -0.4 is 5.73 Å². The van der Waals surface area contributed by atoms with E-state index >= 15 is 0 Å². The van der Waals surface area contributed by atoms with Crippen LogP contribution in [-0.4, -0.2) is 10.2 Å². The summed E-state index contributed by atoms with van der Waals surface area (Å²) in [5, 5.41) is 7.66. The summed E-state index contributed by atoms with van der Waals surface area (Å²) in [6.07, 6.45) is 0. The number of nitrogens with two attached hydrogens (primary N) is 1. The number of hydrogen-bond acceptors (Lipinski definition) is 4. The Morgan fingerprint density at radius 2 is 1.61 bits per heavy atom. The summed E-state index contributed by atoms with van der Waals surface area (Å²) in [5.74, 6) is 0.945. The zero-order valence-corrected chi connectivity index (χ0v) is 12.9. The van der Waals surface area contributed by atoms with Crippen molar-refractivity contribution in [1.29, 1.82) is 0 Å². The third-order valence-corrected chi connectivity index (χ3v) is 2.26. The number of rotatable bonds is 2. The molecular weight excluding hydrogens is 294 g/mol. The molecule has 1 aromatic heterocycles. The maximum absolute atomic E-state index is 5.36. The largest absolute Gasteiger partial charge is 0.419 e. The minimum absolute atomic E-state index is 0.267. The SMILES string of the molecule is CC.CC.NCc1nnc(-c2ccc(Br)cc2)o1. The van der Waals surface area contributed by atoms with E-state index in [0.717, 1.165) is 10.0 Å². The molecule has 0 saturated carbocycles. The first-order valence-corrected chi connectivity index (χ1v) is 6.87. The van der Waals surface area contributed by atoms with Crippen molar-refractivity contribution in [2.75, 3.05) is 0 Å². The first-order valence-electron chi connectivity index (χ1n) is 6.08. The molecule has 100 valence electrons. The average molecular weight is 314 g/mol.